The maximum absolute atomic E-state index is 11.6. The minimum atomic E-state index is -0.243. The van der Waals surface area contributed by atoms with E-state index in [1.54, 1.807) is 18.2 Å². The van der Waals surface area contributed by atoms with Gasteiger partial charge in [-0.25, -0.2) is 0 Å². The number of rotatable bonds is 10. The molecule has 1 aromatic carbocycles. The molecule has 0 fully saturated rings. The molecule has 1 N–H and O–H groups in total. The molecule has 1 aromatic rings. The molecule has 122 valence electrons. The third kappa shape index (κ3) is 7.56. The van der Waals surface area contributed by atoms with E-state index in [1.807, 2.05) is 0 Å². The van der Waals surface area contributed by atoms with E-state index in [-0.39, 0.29) is 12.5 Å². The monoisotopic (exact) mass is 371 g/mol. The zero-order chi connectivity index (χ0) is 16.4. The molecule has 0 aliphatic carbocycles. The molecule has 0 radical (unpaired) electrons. The van der Waals surface area contributed by atoms with E-state index >= 15 is 0 Å². The molecule has 0 spiro atoms. The highest BCUT2D eigenvalue weighted by Crippen LogP contribution is 2.21. The molecule has 22 heavy (non-hydrogen) atoms. The van der Waals surface area contributed by atoms with Crippen molar-refractivity contribution >= 4 is 28.1 Å². The highest BCUT2D eigenvalue weighted by molar-refractivity contribution is 9.10. The minimum absolute atomic E-state index is 0.130. The summed E-state index contributed by atoms with van der Waals surface area (Å²) < 4.78 is 11.5. The van der Waals surface area contributed by atoms with Crippen molar-refractivity contribution in [1.29, 1.82) is 0 Å². The second-order valence-corrected chi connectivity index (χ2v) is 6.15. The summed E-state index contributed by atoms with van der Waals surface area (Å²) in [6, 6.07) is 5.04. The van der Waals surface area contributed by atoms with Crippen molar-refractivity contribution < 1.29 is 19.1 Å². The predicted molar refractivity (Wildman–Crippen MR) is 88.3 cm³/mol. The van der Waals surface area contributed by atoms with Crippen LogP contribution in [0.25, 0.3) is 0 Å². The number of hydrogen-bond donors (Lipinski definition) is 1. The molecule has 0 aromatic heterocycles. The average molecular weight is 372 g/mol. The summed E-state index contributed by atoms with van der Waals surface area (Å²) in [5, 5.41) is 2.70. The topological polar surface area (TPSA) is 64.6 Å². The number of nitrogens with one attached hydrogen (secondary N) is 1. The molecular weight excluding hydrogens is 350 g/mol. The summed E-state index contributed by atoms with van der Waals surface area (Å²) in [4.78, 5) is 22.6. The van der Waals surface area contributed by atoms with E-state index in [4.69, 9.17) is 9.47 Å². The van der Waals surface area contributed by atoms with Crippen molar-refractivity contribution in [3.63, 3.8) is 0 Å². The fraction of sp³-hybridized carbons (Fsp3) is 0.500. The summed E-state index contributed by atoms with van der Waals surface area (Å²) in [6.07, 6.45) is 1.70. The fourth-order valence-electron chi connectivity index (χ4n) is 1.62. The van der Waals surface area contributed by atoms with Crippen molar-refractivity contribution in [2.45, 2.75) is 20.3 Å². The highest BCUT2D eigenvalue weighted by Gasteiger charge is 2.07. The Hall–Kier alpha value is -1.40. The van der Waals surface area contributed by atoms with Gasteiger partial charge >= 0.3 is 0 Å². The SMILES string of the molecule is CC(C)CCOCCNC(=O)COc1ccc(Br)cc1C=O. The predicted octanol–water partition coefficient (Wildman–Crippen LogP) is 2.82. The maximum Gasteiger partial charge on any atom is 0.258 e. The van der Waals surface area contributed by atoms with Gasteiger partial charge in [0.25, 0.3) is 5.91 Å². The van der Waals surface area contributed by atoms with E-state index in [0.29, 0.717) is 43.3 Å². The van der Waals surface area contributed by atoms with Crippen LogP contribution in [-0.2, 0) is 9.53 Å². The largest absolute Gasteiger partial charge is 0.483 e. The lowest BCUT2D eigenvalue weighted by Gasteiger charge is -2.10. The number of hydrogen-bond acceptors (Lipinski definition) is 4. The minimum Gasteiger partial charge on any atom is -0.483 e. The lowest BCUT2D eigenvalue weighted by Crippen LogP contribution is -2.31. The number of aldehydes is 1. The molecule has 0 aliphatic heterocycles. The van der Waals surface area contributed by atoms with Crippen LogP contribution in [0.5, 0.6) is 5.75 Å². The van der Waals surface area contributed by atoms with Crippen LogP contribution in [0, 0.1) is 5.92 Å². The summed E-state index contributed by atoms with van der Waals surface area (Å²) >= 11 is 3.27. The van der Waals surface area contributed by atoms with Crippen LogP contribution in [0.15, 0.2) is 22.7 Å². The number of amides is 1. The van der Waals surface area contributed by atoms with Crippen molar-refractivity contribution in [3.05, 3.63) is 28.2 Å². The van der Waals surface area contributed by atoms with Crippen LogP contribution in [0.2, 0.25) is 0 Å². The lowest BCUT2D eigenvalue weighted by molar-refractivity contribution is -0.123. The Kier molecular flexibility index (Phi) is 8.77. The number of carbonyl (C=O) groups excluding carboxylic acids is 2. The second kappa shape index (κ2) is 10.3. The van der Waals surface area contributed by atoms with Crippen LogP contribution >= 0.6 is 15.9 Å². The first-order valence-corrected chi connectivity index (χ1v) is 8.04. The quantitative estimate of drug-likeness (QED) is 0.507. The normalized spacial score (nSPS) is 10.5. The molecule has 5 nitrogen and oxygen atoms in total. The van der Waals surface area contributed by atoms with Gasteiger partial charge in [-0.1, -0.05) is 29.8 Å². The number of halogens is 1. The third-order valence-electron chi connectivity index (χ3n) is 2.87. The van der Waals surface area contributed by atoms with Crippen LogP contribution in [0.1, 0.15) is 30.6 Å². The smallest absolute Gasteiger partial charge is 0.258 e. The summed E-state index contributed by atoms with van der Waals surface area (Å²) in [6.45, 7) is 5.77. The van der Waals surface area contributed by atoms with Gasteiger partial charge in [-0.2, -0.15) is 0 Å². The Labute approximate surface area is 139 Å². The van der Waals surface area contributed by atoms with Crippen molar-refractivity contribution in [3.8, 4) is 5.75 Å². The van der Waals surface area contributed by atoms with E-state index in [0.717, 1.165) is 10.9 Å². The van der Waals surface area contributed by atoms with E-state index in [2.05, 4.69) is 35.1 Å². The van der Waals surface area contributed by atoms with Crippen molar-refractivity contribution in [1.82, 2.24) is 5.32 Å². The lowest BCUT2D eigenvalue weighted by atomic mass is 10.1. The number of ether oxygens (including phenoxy) is 2. The first kappa shape index (κ1) is 18.6. The third-order valence-corrected chi connectivity index (χ3v) is 3.36. The van der Waals surface area contributed by atoms with E-state index in [9.17, 15) is 9.59 Å². The van der Waals surface area contributed by atoms with Gasteiger partial charge in [0.15, 0.2) is 12.9 Å². The number of carbonyl (C=O) groups is 2. The van der Waals surface area contributed by atoms with Gasteiger partial charge in [-0.15, -0.1) is 0 Å². The summed E-state index contributed by atoms with van der Waals surface area (Å²) in [5.74, 6) is 0.759. The molecule has 0 unspecified atom stereocenters. The van der Waals surface area contributed by atoms with E-state index < -0.39 is 0 Å². The van der Waals surface area contributed by atoms with Crippen LogP contribution in [0.4, 0.5) is 0 Å². The molecule has 0 bridgehead atoms. The maximum atomic E-state index is 11.6. The molecule has 0 saturated carbocycles. The number of benzene rings is 1. The zero-order valence-corrected chi connectivity index (χ0v) is 14.5. The van der Waals surface area contributed by atoms with Gasteiger partial charge in [-0.3, -0.25) is 9.59 Å². The fourth-order valence-corrected chi connectivity index (χ4v) is 2.00. The molecule has 0 saturated heterocycles. The van der Waals surface area contributed by atoms with Crippen LogP contribution in [-0.4, -0.2) is 38.6 Å². The molecule has 0 aliphatic rings. The van der Waals surface area contributed by atoms with Crippen molar-refractivity contribution in [2.24, 2.45) is 5.92 Å². The average Bonchev–Trinajstić information content (AvgIpc) is 2.49. The van der Waals surface area contributed by atoms with Gasteiger partial charge in [0.2, 0.25) is 0 Å². The molecular formula is C16H22BrNO4. The molecule has 0 atom stereocenters. The summed E-state index contributed by atoms with van der Waals surface area (Å²) in [7, 11) is 0. The molecule has 0 heterocycles. The van der Waals surface area contributed by atoms with Gasteiger partial charge < -0.3 is 14.8 Å². The Bertz CT molecular complexity index is 491. The zero-order valence-electron chi connectivity index (χ0n) is 12.9. The first-order chi connectivity index (χ1) is 10.5. The van der Waals surface area contributed by atoms with Crippen LogP contribution in [0.3, 0.4) is 0 Å². The Balaban J connectivity index is 2.22. The second-order valence-electron chi connectivity index (χ2n) is 5.23. The van der Waals surface area contributed by atoms with E-state index in [1.165, 1.54) is 0 Å². The Morgan fingerprint density at radius 3 is 2.82 bits per heavy atom. The van der Waals surface area contributed by atoms with Gasteiger partial charge in [0, 0.05) is 17.6 Å². The molecule has 6 heteroatoms. The summed E-state index contributed by atoms with van der Waals surface area (Å²) in [5.41, 5.74) is 0.402. The molecule has 1 rings (SSSR count). The van der Waals surface area contributed by atoms with Crippen LogP contribution < -0.4 is 10.1 Å². The Morgan fingerprint density at radius 2 is 2.14 bits per heavy atom. The van der Waals surface area contributed by atoms with Gasteiger partial charge in [0.1, 0.15) is 5.75 Å². The van der Waals surface area contributed by atoms with Gasteiger partial charge in [0.05, 0.1) is 12.2 Å². The highest BCUT2D eigenvalue weighted by atomic mass is 79.9. The van der Waals surface area contributed by atoms with Gasteiger partial charge in [-0.05, 0) is 30.5 Å². The van der Waals surface area contributed by atoms with Crippen molar-refractivity contribution in [2.75, 3.05) is 26.4 Å². The molecule has 1 amide bonds. The first-order valence-electron chi connectivity index (χ1n) is 7.25. The standard InChI is InChI=1S/C16H22BrNO4/c1-12(2)5-7-21-8-6-18-16(20)11-22-15-4-3-14(17)9-13(15)10-19/h3-4,9-10,12H,5-8,11H2,1-2H3,(H,18,20). The Morgan fingerprint density at radius 1 is 1.36 bits per heavy atom.